The number of nitrogens with zero attached hydrogens (tertiary/aromatic N) is 1. The van der Waals surface area contributed by atoms with E-state index in [4.69, 9.17) is 15.2 Å². The van der Waals surface area contributed by atoms with Crippen LogP contribution in [-0.4, -0.2) is 23.2 Å². The summed E-state index contributed by atoms with van der Waals surface area (Å²) in [4.78, 5) is 15.6. The van der Waals surface area contributed by atoms with Crippen LogP contribution in [0.5, 0.6) is 5.88 Å². The highest BCUT2D eigenvalue weighted by molar-refractivity contribution is 5.95. The molecule has 1 rings (SSSR count). The first-order valence-corrected chi connectivity index (χ1v) is 5.45. The molecule has 17 heavy (non-hydrogen) atoms. The lowest BCUT2D eigenvalue weighted by Gasteiger charge is -2.20. The number of ether oxygens (including phenoxy) is 2. The van der Waals surface area contributed by atoms with Gasteiger partial charge in [-0.05, 0) is 27.7 Å². The van der Waals surface area contributed by atoms with Gasteiger partial charge in [0.15, 0.2) is 0 Å². The predicted molar refractivity (Wildman–Crippen MR) is 65.0 cm³/mol. The second-order valence-electron chi connectivity index (χ2n) is 4.54. The molecule has 0 aliphatic heterocycles. The highest BCUT2D eigenvalue weighted by Gasteiger charge is 2.17. The van der Waals surface area contributed by atoms with Crippen molar-refractivity contribution in [2.24, 2.45) is 0 Å². The van der Waals surface area contributed by atoms with Gasteiger partial charge < -0.3 is 15.2 Å². The van der Waals surface area contributed by atoms with Crippen molar-refractivity contribution >= 4 is 11.7 Å². The van der Waals surface area contributed by atoms with Crippen molar-refractivity contribution in [1.82, 2.24) is 4.98 Å². The molecule has 0 fully saturated rings. The van der Waals surface area contributed by atoms with Crippen LogP contribution in [0.1, 0.15) is 38.1 Å². The number of rotatable bonds is 3. The van der Waals surface area contributed by atoms with Crippen molar-refractivity contribution in [2.45, 2.75) is 33.3 Å². The van der Waals surface area contributed by atoms with Gasteiger partial charge in [0.05, 0.1) is 24.1 Å². The molecule has 0 unspecified atom stereocenters. The van der Waals surface area contributed by atoms with Gasteiger partial charge in [0, 0.05) is 6.07 Å². The van der Waals surface area contributed by atoms with Gasteiger partial charge in [0.2, 0.25) is 5.88 Å². The molecule has 0 aromatic carbocycles. The number of hydrogen-bond donors (Lipinski definition) is 1. The number of anilines is 1. The van der Waals surface area contributed by atoms with Crippen LogP contribution < -0.4 is 10.5 Å². The van der Waals surface area contributed by atoms with Crippen LogP contribution in [0.15, 0.2) is 12.3 Å². The summed E-state index contributed by atoms with van der Waals surface area (Å²) in [5, 5.41) is 0. The molecule has 2 N–H and O–H groups in total. The molecule has 5 heteroatoms. The molecule has 0 atom stereocenters. The van der Waals surface area contributed by atoms with Crippen molar-refractivity contribution in [3.05, 3.63) is 17.8 Å². The van der Waals surface area contributed by atoms with Crippen LogP contribution in [-0.2, 0) is 4.74 Å². The Labute approximate surface area is 101 Å². The van der Waals surface area contributed by atoms with Crippen LogP contribution in [0.2, 0.25) is 0 Å². The van der Waals surface area contributed by atoms with E-state index >= 15 is 0 Å². The fourth-order valence-corrected chi connectivity index (χ4v) is 1.20. The molecule has 0 amide bonds. The van der Waals surface area contributed by atoms with Gasteiger partial charge >= 0.3 is 5.97 Å². The zero-order valence-electron chi connectivity index (χ0n) is 10.6. The second-order valence-corrected chi connectivity index (χ2v) is 4.54. The summed E-state index contributed by atoms with van der Waals surface area (Å²) in [6.07, 6.45) is 1.40. The van der Waals surface area contributed by atoms with Gasteiger partial charge in [0.1, 0.15) is 5.60 Å². The summed E-state index contributed by atoms with van der Waals surface area (Å²) >= 11 is 0. The van der Waals surface area contributed by atoms with E-state index in [-0.39, 0.29) is 16.9 Å². The van der Waals surface area contributed by atoms with Gasteiger partial charge in [0.25, 0.3) is 0 Å². The van der Waals surface area contributed by atoms with Crippen LogP contribution in [0.3, 0.4) is 0 Å². The van der Waals surface area contributed by atoms with Gasteiger partial charge in [-0.15, -0.1) is 0 Å². The maximum Gasteiger partial charge on any atom is 0.340 e. The highest BCUT2D eigenvalue weighted by Crippen LogP contribution is 2.21. The van der Waals surface area contributed by atoms with Crippen molar-refractivity contribution < 1.29 is 14.3 Å². The largest absolute Gasteiger partial charge is 0.472 e. The van der Waals surface area contributed by atoms with Gasteiger partial charge in [-0.1, -0.05) is 0 Å². The first-order valence-electron chi connectivity index (χ1n) is 5.45. The number of aromatic nitrogens is 1. The summed E-state index contributed by atoms with van der Waals surface area (Å²) in [5.74, 6) is -0.110. The number of carbonyl (C=O) groups excluding carboxylic acids is 1. The molecule has 1 aromatic heterocycles. The normalized spacial score (nSPS) is 11.1. The molecule has 0 bridgehead atoms. The molecule has 0 saturated heterocycles. The van der Waals surface area contributed by atoms with E-state index in [1.165, 1.54) is 12.3 Å². The lowest BCUT2D eigenvalue weighted by atomic mass is 10.2. The molecular formula is C12H18N2O3. The standard InChI is InChI=1S/C12H18N2O3/c1-5-16-11(15)8-6-10(14-7-9(8)13)17-12(2,3)4/h6-7H,5,13H2,1-4H3. The summed E-state index contributed by atoms with van der Waals surface area (Å²) in [6.45, 7) is 7.73. The average Bonchev–Trinajstić information content (AvgIpc) is 2.19. The lowest BCUT2D eigenvalue weighted by Crippen LogP contribution is -2.24. The zero-order chi connectivity index (χ0) is 13.1. The monoisotopic (exact) mass is 238 g/mol. The third-order valence-corrected chi connectivity index (χ3v) is 1.82. The van der Waals surface area contributed by atoms with Crippen molar-refractivity contribution in [1.29, 1.82) is 0 Å². The van der Waals surface area contributed by atoms with Crippen LogP contribution in [0.25, 0.3) is 0 Å². The first kappa shape index (κ1) is 13.3. The molecule has 94 valence electrons. The summed E-state index contributed by atoms with van der Waals surface area (Å²) in [7, 11) is 0. The Bertz CT molecular complexity index is 411. The molecule has 5 nitrogen and oxygen atoms in total. The number of nitrogens with two attached hydrogens (primary N) is 1. The minimum Gasteiger partial charge on any atom is -0.472 e. The first-order chi connectivity index (χ1) is 7.83. The second kappa shape index (κ2) is 5.03. The van der Waals surface area contributed by atoms with Crippen molar-refractivity contribution in [3.8, 4) is 5.88 Å². The molecule has 0 saturated carbocycles. The molecule has 0 aliphatic carbocycles. The number of hydrogen-bond acceptors (Lipinski definition) is 5. The van der Waals surface area contributed by atoms with Gasteiger partial charge in [-0.3, -0.25) is 0 Å². The Morgan fingerprint density at radius 1 is 1.47 bits per heavy atom. The van der Waals surface area contributed by atoms with Crippen LogP contribution >= 0.6 is 0 Å². The third-order valence-electron chi connectivity index (χ3n) is 1.82. The van der Waals surface area contributed by atoms with Gasteiger partial charge in [-0.2, -0.15) is 0 Å². The lowest BCUT2D eigenvalue weighted by molar-refractivity contribution is 0.0525. The number of esters is 1. The van der Waals surface area contributed by atoms with Crippen molar-refractivity contribution in [3.63, 3.8) is 0 Å². The predicted octanol–water partition coefficient (Wildman–Crippen LogP) is 2.02. The van der Waals surface area contributed by atoms with Crippen LogP contribution in [0, 0.1) is 0 Å². The van der Waals surface area contributed by atoms with E-state index in [2.05, 4.69) is 4.98 Å². The van der Waals surface area contributed by atoms with Crippen LogP contribution in [0.4, 0.5) is 5.69 Å². The molecule has 0 spiro atoms. The fourth-order valence-electron chi connectivity index (χ4n) is 1.20. The Hall–Kier alpha value is -1.78. The Kier molecular flexibility index (Phi) is 3.93. The summed E-state index contributed by atoms with van der Waals surface area (Å²) < 4.78 is 10.4. The van der Waals surface area contributed by atoms with E-state index in [9.17, 15) is 4.79 Å². The molecular weight excluding hydrogens is 220 g/mol. The maximum atomic E-state index is 11.6. The zero-order valence-corrected chi connectivity index (χ0v) is 10.6. The van der Waals surface area contributed by atoms with E-state index in [0.29, 0.717) is 12.5 Å². The molecule has 0 aliphatic rings. The Morgan fingerprint density at radius 2 is 2.12 bits per heavy atom. The number of nitrogen functional groups attached to an aromatic ring is 1. The Balaban J connectivity index is 2.98. The quantitative estimate of drug-likeness (QED) is 0.815. The maximum absolute atomic E-state index is 11.6. The minimum absolute atomic E-state index is 0.279. The van der Waals surface area contributed by atoms with E-state index in [1.807, 2.05) is 20.8 Å². The molecule has 1 aromatic rings. The summed E-state index contributed by atoms with van der Waals surface area (Å²) in [5.41, 5.74) is 5.85. The number of carbonyl (C=O) groups is 1. The fraction of sp³-hybridized carbons (Fsp3) is 0.500. The van der Waals surface area contributed by atoms with E-state index in [0.717, 1.165) is 0 Å². The third kappa shape index (κ3) is 3.94. The van der Waals surface area contributed by atoms with Gasteiger partial charge in [-0.25, -0.2) is 9.78 Å². The summed E-state index contributed by atoms with van der Waals surface area (Å²) in [6, 6.07) is 1.50. The molecule has 0 radical (unpaired) electrons. The highest BCUT2D eigenvalue weighted by atomic mass is 16.5. The molecule has 1 heterocycles. The van der Waals surface area contributed by atoms with E-state index < -0.39 is 5.97 Å². The smallest absolute Gasteiger partial charge is 0.340 e. The average molecular weight is 238 g/mol. The minimum atomic E-state index is -0.467. The topological polar surface area (TPSA) is 74.4 Å². The SMILES string of the molecule is CCOC(=O)c1cc(OC(C)(C)C)ncc1N. The Morgan fingerprint density at radius 3 is 2.65 bits per heavy atom. The van der Waals surface area contributed by atoms with Crippen molar-refractivity contribution in [2.75, 3.05) is 12.3 Å². The van der Waals surface area contributed by atoms with E-state index in [1.54, 1.807) is 6.92 Å². The number of pyridine rings is 1.